The normalized spacial score (nSPS) is 16.7. The van der Waals surface area contributed by atoms with Gasteiger partial charge in [0.1, 0.15) is 12.1 Å². The fourth-order valence-corrected chi connectivity index (χ4v) is 2.60. The van der Waals surface area contributed by atoms with Crippen molar-refractivity contribution in [1.82, 2.24) is 9.88 Å². The van der Waals surface area contributed by atoms with E-state index in [-0.39, 0.29) is 0 Å². The van der Waals surface area contributed by atoms with Crippen LogP contribution in [0.1, 0.15) is 0 Å². The minimum atomic E-state index is 0.538. The third-order valence-electron chi connectivity index (χ3n) is 3.66. The predicted molar refractivity (Wildman–Crippen MR) is 76.5 cm³/mol. The summed E-state index contributed by atoms with van der Waals surface area (Å²) >= 11 is 0. The summed E-state index contributed by atoms with van der Waals surface area (Å²) in [5.41, 5.74) is 0. The third kappa shape index (κ3) is 2.44. The Morgan fingerprint density at radius 1 is 1.11 bits per heavy atom. The van der Waals surface area contributed by atoms with Crippen molar-refractivity contribution in [3.8, 4) is 0 Å². The van der Waals surface area contributed by atoms with Gasteiger partial charge in [0.25, 0.3) is 0 Å². The Morgan fingerprint density at radius 2 is 1.89 bits per heavy atom. The van der Waals surface area contributed by atoms with Crippen LogP contribution in [0.3, 0.4) is 0 Å². The van der Waals surface area contributed by atoms with E-state index < -0.39 is 0 Å². The van der Waals surface area contributed by atoms with Crippen molar-refractivity contribution in [3.63, 3.8) is 0 Å². The van der Waals surface area contributed by atoms with Gasteiger partial charge in [0.15, 0.2) is 0 Å². The number of nitrogens with zero attached hydrogens (tertiary/aromatic N) is 3. The van der Waals surface area contributed by atoms with Crippen molar-refractivity contribution < 1.29 is 4.79 Å². The lowest BCUT2D eigenvalue weighted by Crippen LogP contribution is -2.47. The maximum atomic E-state index is 10.5. The molecule has 0 bridgehead atoms. The summed E-state index contributed by atoms with van der Waals surface area (Å²) in [7, 11) is 0. The topological polar surface area (TPSA) is 36.4 Å². The Morgan fingerprint density at radius 3 is 2.68 bits per heavy atom. The molecule has 0 saturated carbocycles. The molecular formula is C15H17N3O. The number of hydrogen-bond acceptors (Lipinski definition) is 4. The fourth-order valence-electron chi connectivity index (χ4n) is 2.60. The highest BCUT2D eigenvalue weighted by molar-refractivity contribution is 5.92. The molecule has 0 radical (unpaired) electrons. The van der Waals surface area contributed by atoms with E-state index in [9.17, 15) is 4.79 Å². The molecule has 4 nitrogen and oxygen atoms in total. The Balaban J connectivity index is 1.84. The van der Waals surface area contributed by atoms with E-state index in [1.807, 2.05) is 18.3 Å². The molecule has 1 aromatic heterocycles. The molecule has 0 amide bonds. The molecule has 2 heterocycles. The van der Waals surface area contributed by atoms with E-state index in [0.717, 1.165) is 38.3 Å². The molecule has 0 aliphatic carbocycles. The van der Waals surface area contributed by atoms with Gasteiger partial charge in [0.2, 0.25) is 0 Å². The van der Waals surface area contributed by atoms with Crippen molar-refractivity contribution in [1.29, 1.82) is 0 Å². The van der Waals surface area contributed by atoms with Gasteiger partial charge < -0.3 is 9.69 Å². The lowest BCUT2D eigenvalue weighted by atomic mass is 10.1. The molecule has 3 rings (SSSR count). The van der Waals surface area contributed by atoms with Gasteiger partial charge in [0, 0.05) is 37.8 Å². The highest BCUT2D eigenvalue weighted by atomic mass is 16.1. The van der Waals surface area contributed by atoms with Gasteiger partial charge in [-0.2, -0.15) is 0 Å². The maximum absolute atomic E-state index is 10.5. The zero-order chi connectivity index (χ0) is 13.1. The van der Waals surface area contributed by atoms with Crippen LogP contribution in [0.4, 0.5) is 5.82 Å². The van der Waals surface area contributed by atoms with Crippen LogP contribution >= 0.6 is 0 Å². The van der Waals surface area contributed by atoms with Crippen LogP contribution in [-0.4, -0.2) is 48.9 Å². The quantitative estimate of drug-likeness (QED) is 0.780. The minimum Gasteiger partial charge on any atom is -0.354 e. The van der Waals surface area contributed by atoms with Crippen LogP contribution in [0.5, 0.6) is 0 Å². The molecule has 0 atom stereocenters. The molecule has 1 fully saturated rings. The number of benzene rings is 1. The first kappa shape index (κ1) is 12.1. The van der Waals surface area contributed by atoms with Gasteiger partial charge in [-0.25, -0.2) is 4.98 Å². The van der Waals surface area contributed by atoms with Gasteiger partial charge >= 0.3 is 0 Å². The highest BCUT2D eigenvalue weighted by Crippen LogP contribution is 2.24. The maximum Gasteiger partial charge on any atom is 0.136 e. The van der Waals surface area contributed by atoms with Crippen molar-refractivity contribution in [2.45, 2.75) is 0 Å². The third-order valence-corrected chi connectivity index (χ3v) is 3.66. The number of carbonyl (C=O) groups excluding carboxylic acids is 1. The number of fused-ring (bicyclic) bond motifs is 1. The summed E-state index contributed by atoms with van der Waals surface area (Å²) in [6.07, 6.45) is 2.85. The van der Waals surface area contributed by atoms with E-state index in [1.165, 1.54) is 10.8 Å². The Kier molecular flexibility index (Phi) is 3.42. The summed E-state index contributed by atoms with van der Waals surface area (Å²) in [5, 5.41) is 2.43. The molecule has 98 valence electrons. The number of rotatable bonds is 3. The van der Waals surface area contributed by atoms with Gasteiger partial charge in [0.05, 0.1) is 6.54 Å². The number of pyridine rings is 1. The van der Waals surface area contributed by atoms with Gasteiger partial charge in [-0.05, 0) is 11.5 Å². The molecular weight excluding hydrogens is 238 g/mol. The molecule has 0 unspecified atom stereocenters. The van der Waals surface area contributed by atoms with E-state index in [2.05, 4.69) is 33.0 Å². The molecule has 19 heavy (non-hydrogen) atoms. The minimum absolute atomic E-state index is 0.538. The second-order valence-electron chi connectivity index (χ2n) is 4.81. The number of carbonyl (C=O) groups is 1. The molecule has 1 aliphatic heterocycles. The number of hydrogen-bond donors (Lipinski definition) is 0. The zero-order valence-electron chi connectivity index (χ0n) is 10.8. The summed E-state index contributed by atoms with van der Waals surface area (Å²) in [6.45, 7) is 4.23. The summed E-state index contributed by atoms with van der Waals surface area (Å²) in [5.74, 6) is 1.06. The molecule has 1 aliphatic rings. The van der Waals surface area contributed by atoms with Crippen molar-refractivity contribution in [2.24, 2.45) is 0 Å². The summed E-state index contributed by atoms with van der Waals surface area (Å²) < 4.78 is 0. The van der Waals surface area contributed by atoms with E-state index >= 15 is 0 Å². The van der Waals surface area contributed by atoms with Crippen LogP contribution in [0, 0.1) is 0 Å². The van der Waals surface area contributed by atoms with E-state index in [0.29, 0.717) is 6.54 Å². The Hall–Kier alpha value is -1.94. The van der Waals surface area contributed by atoms with E-state index in [1.54, 1.807) is 0 Å². The first-order valence-corrected chi connectivity index (χ1v) is 6.63. The molecule has 0 N–H and O–H groups in total. The largest absolute Gasteiger partial charge is 0.354 e. The first-order chi connectivity index (χ1) is 9.38. The zero-order valence-corrected chi connectivity index (χ0v) is 10.8. The van der Waals surface area contributed by atoms with E-state index in [4.69, 9.17) is 0 Å². The molecule has 4 heteroatoms. The number of aromatic nitrogens is 1. The van der Waals surface area contributed by atoms with Crippen molar-refractivity contribution in [2.75, 3.05) is 37.6 Å². The van der Waals surface area contributed by atoms with Crippen LogP contribution in [0.15, 0.2) is 36.5 Å². The van der Waals surface area contributed by atoms with Gasteiger partial charge in [-0.15, -0.1) is 0 Å². The Bertz CT molecular complexity index is 571. The number of aldehydes is 1. The van der Waals surface area contributed by atoms with Crippen LogP contribution in [0.2, 0.25) is 0 Å². The van der Waals surface area contributed by atoms with Crippen LogP contribution < -0.4 is 4.90 Å². The molecule has 1 aromatic carbocycles. The lowest BCUT2D eigenvalue weighted by Gasteiger charge is -2.34. The number of piperazine rings is 1. The van der Waals surface area contributed by atoms with Gasteiger partial charge in [-0.1, -0.05) is 24.3 Å². The highest BCUT2D eigenvalue weighted by Gasteiger charge is 2.18. The second kappa shape index (κ2) is 5.36. The van der Waals surface area contributed by atoms with Crippen LogP contribution in [-0.2, 0) is 4.79 Å². The summed E-state index contributed by atoms with van der Waals surface area (Å²) in [6, 6.07) is 10.4. The fraction of sp³-hybridized carbons (Fsp3) is 0.333. The second-order valence-corrected chi connectivity index (χ2v) is 4.81. The van der Waals surface area contributed by atoms with Crippen LogP contribution in [0.25, 0.3) is 10.8 Å². The molecule has 0 spiro atoms. The smallest absolute Gasteiger partial charge is 0.136 e. The average Bonchev–Trinajstić information content (AvgIpc) is 2.48. The molecule has 2 aromatic rings. The molecule has 1 saturated heterocycles. The van der Waals surface area contributed by atoms with Crippen molar-refractivity contribution >= 4 is 22.9 Å². The average molecular weight is 255 g/mol. The predicted octanol–water partition coefficient (Wildman–Crippen LogP) is 1.56. The standard InChI is InChI=1S/C15H17N3O/c19-12-11-17-7-9-18(10-8-17)15-14-4-2-1-3-13(14)5-6-16-15/h1-6,12H,7-11H2. The Labute approximate surface area is 112 Å². The van der Waals surface area contributed by atoms with Crippen molar-refractivity contribution in [3.05, 3.63) is 36.5 Å². The lowest BCUT2D eigenvalue weighted by molar-refractivity contribution is -0.108. The first-order valence-electron chi connectivity index (χ1n) is 6.63. The SMILES string of the molecule is O=CCN1CCN(c2nccc3ccccc23)CC1. The summed E-state index contributed by atoms with van der Waals surface area (Å²) in [4.78, 5) is 19.6. The monoisotopic (exact) mass is 255 g/mol. The number of anilines is 1. The van der Waals surface area contributed by atoms with Gasteiger partial charge in [-0.3, -0.25) is 4.90 Å².